The van der Waals surface area contributed by atoms with Gasteiger partial charge in [0, 0.05) is 67.0 Å². The Morgan fingerprint density at radius 3 is 2.33 bits per heavy atom. The minimum absolute atomic E-state index is 0.0735. The molecule has 3 fully saturated rings. The molecule has 9 rings (SSSR count). The number of nitrogens with one attached hydrogen (secondary N) is 4. The van der Waals surface area contributed by atoms with Crippen molar-refractivity contribution in [3.05, 3.63) is 125 Å². The number of amides is 6. The van der Waals surface area contributed by atoms with Crippen LogP contribution in [0.15, 0.2) is 85.2 Å². The third kappa shape index (κ3) is 12.4. The highest BCUT2D eigenvalue weighted by Crippen LogP contribution is 2.50. The highest BCUT2D eigenvalue weighted by molar-refractivity contribution is 7.47. The van der Waals surface area contributed by atoms with E-state index in [-0.39, 0.29) is 48.0 Å². The number of imide groups is 1. The van der Waals surface area contributed by atoms with E-state index < -0.39 is 55.3 Å². The van der Waals surface area contributed by atoms with E-state index in [0.717, 1.165) is 75.1 Å². The third-order valence-electron chi connectivity index (χ3n) is 15.0. The van der Waals surface area contributed by atoms with Crippen molar-refractivity contribution >= 4 is 60.1 Å². The average Bonchev–Trinajstić information content (AvgIpc) is 3.91. The van der Waals surface area contributed by atoms with Crippen molar-refractivity contribution in [1.29, 1.82) is 0 Å². The largest absolute Gasteiger partial charge is 0.495 e. The summed E-state index contributed by atoms with van der Waals surface area (Å²) in [6, 6.07) is 20.6. The maximum Gasteiger partial charge on any atom is 0.473 e. The molecular weight excluding hydrogens is 1030 g/mol. The molecule has 6 N–H and O–H groups in total. The zero-order valence-corrected chi connectivity index (χ0v) is 44.4. The number of ether oxygens (including phenoxy) is 1. The number of aromatic nitrogens is 3. The molecule has 1 spiro atoms. The van der Waals surface area contributed by atoms with Gasteiger partial charge in [0.1, 0.15) is 29.4 Å². The number of urea groups is 1. The number of nitrogens with zero attached hydrogens (tertiary/aromatic N) is 5. The molecule has 1 unspecified atom stereocenters. The number of likely N-dealkylation sites (tertiary alicyclic amines) is 2. The van der Waals surface area contributed by atoms with Gasteiger partial charge in [-0.3, -0.25) is 33.6 Å². The fourth-order valence-corrected chi connectivity index (χ4v) is 11.5. The summed E-state index contributed by atoms with van der Waals surface area (Å²) in [7, 11) is -3.23. The van der Waals surface area contributed by atoms with E-state index >= 15 is 8.78 Å². The molecule has 20 nitrogen and oxygen atoms in total. The Morgan fingerprint density at radius 2 is 1.64 bits per heavy atom. The van der Waals surface area contributed by atoms with E-state index in [1.807, 2.05) is 28.4 Å². The lowest BCUT2D eigenvalue weighted by Crippen LogP contribution is -2.50. The Labute approximate surface area is 448 Å². The summed E-state index contributed by atoms with van der Waals surface area (Å²) < 4.78 is 59.1. The van der Waals surface area contributed by atoms with Crippen LogP contribution < -0.4 is 25.6 Å². The minimum atomic E-state index is -4.73. The third-order valence-corrected chi connectivity index (χ3v) is 16.2. The normalized spacial score (nSPS) is 16.7. The molecule has 0 saturated carbocycles. The topological polar surface area (TPSA) is 258 Å². The summed E-state index contributed by atoms with van der Waals surface area (Å²) in [5.41, 5.74) is 3.88. The van der Waals surface area contributed by atoms with E-state index in [2.05, 4.69) is 42.6 Å². The van der Waals surface area contributed by atoms with Crippen LogP contribution in [-0.4, -0.2) is 124 Å². The molecule has 0 aliphatic carbocycles. The number of aromatic amines is 1. The standard InChI is InChI=1S/C55H60F2N9O11P/c1-33-40(29-38(56)30-43(33)62-50(68)39-11-10-37(28-42(39)57)54(2,3)77-78(73,74)76-26-19-58-53(71)72)48-41-31-44(61-49(41)60-32-59-48)35-7-5-34(6-8-35)13-20-64-22-15-55(16-23-64)17-24-65(25-18-55)51(69)36-9-12-46(75-4)45(27-36)66-21-14-47(67)63-52(66)70/h5-12,27-32,58H,13-26H2,1-4H3,(H,62,68)(H,71,72)(H,73,74)(H,59,60,61)(H,63,67,70). The van der Waals surface area contributed by atoms with Gasteiger partial charge in [0.05, 0.1) is 36.3 Å². The van der Waals surface area contributed by atoms with E-state index in [0.29, 0.717) is 57.9 Å². The van der Waals surface area contributed by atoms with Gasteiger partial charge in [-0.15, -0.1) is 0 Å². The van der Waals surface area contributed by atoms with Crippen molar-refractivity contribution in [3.63, 3.8) is 0 Å². The fraction of sp³-hybridized carbons (Fsp3) is 0.364. The summed E-state index contributed by atoms with van der Waals surface area (Å²) in [6.45, 7) is 8.07. The van der Waals surface area contributed by atoms with Crippen molar-refractivity contribution in [2.45, 2.75) is 64.9 Å². The second-order valence-electron chi connectivity index (χ2n) is 20.3. The zero-order valence-electron chi connectivity index (χ0n) is 43.5. The quantitative estimate of drug-likeness (QED) is 0.0369. The van der Waals surface area contributed by atoms with Gasteiger partial charge >= 0.3 is 19.9 Å². The fourth-order valence-electron chi connectivity index (χ4n) is 10.4. The van der Waals surface area contributed by atoms with E-state index in [9.17, 15) is 33.4 Å². The smallest absolute Gasteiger partial charge is 0.473 e. The summed E-state index contributed by atoms with van der Waals surface area (Å²) in [5, 5.41) is 16.2. The van der Waals surface area contributed by atoms with Gasteiger partial charge in [0.15, 0.2) is 0 Å². The lowest BCUT2D eigenvalue weighted by Gasteiger charge is -2.47. The SMILES string of the molecule is COc1ccc(C(=O)N2CCC3(CCN(CCc4ccc(-c5cc6c(-c7cc(F)cc(NC(=O)c8ccc(C(C)(C)OP(=O)(O)OCCNC(=O)O)cc8F)c7C)ncnc6[nH]5)cc4)CC3)CC2)cc1N1CCC(=O)NC1=O. The molecule has 410 valence electrons. The van der Waals surface area contributed by atoms with Crippen LogP contribution in [0.4, 0.5) is 29.7 Å². The van der Waals surface area contributed by atoms with Gasteiger partial charge in [0.25, 0.3) is 11.8 Å². The van der Waals surface area contributed by atoms with Gasteiger partial charge < -0.3 is 40.2 Å². The van der Waals surface area contributed by atoms with Crippen molar-refractivity contribution < 1.29 is 61.1 Å². The first-order valence-electron chi connectivity index (χ1n) is 25.5. The van der Waals surface area contributed by atoms with Crippen LogP contribution in [0.2, 0.25) is 0 Å². The van der Waals surface area contributed by atoms with Crippen molar-refractivity contribution in [2.24, 2.45) is 5.41 Å². The lowest BCUT2D eigenvalue weighted by molar-refractivity contribution is -0.120. The van der Waals surface area contributed by atoms with Crippen LogP contribution in [0.5, 0.6) is 5.75 Å². The molecule has 23 heteroatoms. The highest BCUT2D eigenvalue weighted by Gasteiger charge is 2.39. The molecule has 2 aromatic heterocycles. The first kappa shape index (κ1) is 55.1. The van der Waals surface area contributed by atoms with Crippen molar-refractivity contribution in [2.75, 3.05) is 69.7 Å². The maximum atomic E-state index is 15.6. The molecular formula is C55H60F2N9O11P. The van der Waals surface area contributed by atoms with Gasteiger partial charge in [-0.05, 0) is 142 Å². The summed E-state index contributed by atoms with van der Waals surface area (Å²) >= 11 is 0. The molecule has 0 bridgehead atoms. The van der Waals surface area contributed by atoms with Gasteiger partial charge in [-0.25, -0.2) is 32.9 Å². The number of carboxylic acid groups (broad SMARTS) is 1. The number of hydrogen-bond acceptors (Lipinski definition) is 12. The molecule has 1 atom stereocenters. The molecule has 3 saturated heterocycles. The number of H-pyrrole nitrogens is 1. The number of hydrogen-bond donors (Lipinski definition) is 6. The predicted octanol–water partition coefficient (Wildman–Crippen LogP) is 8.78. The minimum Gasteiger partial charge on any atom is -0.495 e. The van der Waals surface area contributed by atoms with Crippen LogP contribution in [0.3, 0.4) is 0 Å². The zero-order chi connectivity index (χ0) is 55.5. The number of phosphoric acid groups is 1. The van der Waals surface area contributed by atoms with Crippen LogP contribution in [0, 0.1) is 24.0 Å². The number of fused-ring (bicyclic) bond motifs is 1. The first-order valence-corrected chi connectivity index (χ1v) is 27.0. The average molecular weight is 1090 g/mol. The molecule has 78 heavy (non-hydrogen) atoms. The number of piperidine rings is 2. The van der Waals surface area contributed by atoms with Crippen LogP contribution in [0.25, 0.3) is 33.5 Å². The number of carbonyl (C=O) groups is 5. The van der Waals surface area contributed by atoms with E-state index in [1.165, 1.54) is 55.9 Å². The Balaban J connectivity index is 0.785. The molecule has 0 radical (unpaired) electrons. The molecule has 5 heterocycles. The number of halogens is 2. The first-order chi connectivity index (χ1) is 37.2. The number of carbonyl (C=O) groups excluding carboxylic acids is 4. The number of anilines is 2. The lowest BCUT2D eigenvalue weighted by atomic mass is 9.71. The molecule has 3 aliphatic heterocycles. The Hall–Kier alpha value is -7.62. The number of rotatable bonds is 17. The monoisotopic (exact) mass is 1090 g/mol. The molecule has 6 amide bonds. The Morgan fingerprint density at radius 1 is 0.910 bits per heavy atom. The second-order valence-corrected chi connectivity index (χ2v) is 21.7. The van der Waals surface area contributed by atoms with Crippen molar-refractivity contribution in [1.82, 2.24) is 35.4 Å². The van der Waals surface area contributed by atoms with Crippen LogP contribution in [0.1, 0.15) is 83.4 Å². The number of methoxy groups -OCH3 is 1. The number of phosphoric ester groups is 1. The van der Waals surface area contributed by atoms with Crippen molar-refractivity contribution in [3.8, 4) is 28.3 Å². The summed E-state index contributed by atoms with van der Waals surface area (Å²) in [5.74, 6) is -2.53. The van der Waals surface area contributed by atoms with Gasteiger partial charge in [-0.2, -0.15) is 0 Å². The van der Waals surface area contributed by atoms with Gasteiger partial charge in [0.2, 0.25) is 5.91 Å². The Kier molecular flexibility index (Phi) is 16.1. The highest BCUT2D eigenvalue weighted by atomic mass is 31.2. The second kappa shape index (κ2) is 22.8. The van der Waals surface area contributed by atoms with E-state index in [1.54, 1.807) is 25.1 Å². The predicted molar refractivity (Wildman–Crippen MR) is 285 cm³/mol. The summed E-state index contributed by atoms with van der Waals surface area (Å²) in [4.78, 5) is 90.6. The number of benzene rings is 4. The summed E-state index contributed by atoms with van der Waals surface area (Å²) in [6.07, 6.45) is 5.00. The van der Waals surface area contributed by atoms with Gasteiger partial charge in [-0.1, -0.05) is 30.3 Å². The maximum absolute atomic E-state index is 15.6. The van der Waals surface area contributed by atoms with E-state index in [4.69, 9.17) is 18.9 Å². The van der Waals surface area contributed by atoms with Crippen LogP contribution >= 0.6 is 7.82 Å². The molecule has 6 aromatic rings. The molecule has 3 aliphatic rings. The molecule has 4 aromatic carbocycles. The van der Waals surface area contributed by atoms with Crippen LogP contribution in [-0.2, 0) is 30.4 Å². The Bertz CT molecular complexity index is 3340.